The molecule has 18 heavy (non-hydrogen) atoms. The van der Waals surface area contributed by atoms with Crippen LogP contribution >= 0.6 is 11.8 Å². The fourth-order valence-corrected chi connectivity index (χ4v) is 2.63. The van der Waals surface area contributed by atoms with Crippen LogP contribution in [-0.4, -0.2) is 18.8 Å². The van der Waals surface area contributed by atoms with Crippen LogP contribution in [-0.2, 0) is 0 Å². The Kier molecular flexibility index (Phi) is 8.19. The summed E-state index contributed by atoms with van der Waals surface area (Å²) < 4.78 is 0. The molecule has 0 aromatic heterocycles. The Labute approximate surface area is 117 Å². The van der Waals surface area contributed by atoms with Gasteiger partial charge in [-0.2, -0.15) is 0 Å². The summed E-state index contributed by atoms with van der Waals surface area (Å²) in [6, 6.07) is 9.00. The molecule has 0 saturated carbocycles. The molecule has 0 fully saturated rings. The molecule has 0 aliphatic rings. The summed E-state index contributed by atoms with van der Waals surface area (Å²) in [6.45, 7) is 9.00. The van der Waals surface area contributed by atoms with Gasteiger partial charge in [0.05, 0.1) is 0 Å². The molecule has 0 spiro atoms. The Morgan fingerprint density at radius 3 is 2.39 bits per heavy atom. The Balaban J connectivity index is 2.12. The summed E-state index contributed by atoms with van der Waals surface area (Å²) in [6.07, 6.45) is 3.96. The summed E-state index contributed by atoms with van der Waals surface area (Å²) in [5.41, 5.74) is 1.43. The summed E-state index contributed by atoms with van der Waals surface area (Å²) in [5.74, 6) is 1.79. The van der Waals surface area contributed by atoms with E-state index in [1.54, 1.807) is 0 Å². The van der Waals surface area contributed by atoms with Crippen LogP contribution in [0.1, 0.15) is 51.5 Å². The zero-order valence-corrected chi connectivity index (χ0v) is 12.9. The fraction of sp³-hybridized carbons (Fsp3) is 0.625. The van der Waals surface area contributed by atoms with Gasteiger partial charge in [-0.15, -0.1) is 11.8 Å². The predicted octanol–water partition coefficient (Wildman–Crippen LogP) is 4.68. The van der Waals surface area contributed by atoms with E-state index in [-0.39, 0.29) is 0 Å². The smallest absolute Gasteiger partial charge is 0.0106 e. The minimum Gasteiger partial charge on any atom is -0.316 e. The average molecular weight is 265 g/mol. The van der Waals surface area contributed by atoms with Crippen molar-refractivity contribution in [2.75, 3.05) is 18.8 Å². The number of rotatable bonds is 9. The third kappa shape index (κ3) is 6.46. The third-order valence-corrected chi connectivity index (χ3v) is 4.07. The number of hydrogen-bond acceptors (Lipinski definition) is 2. The van der Waals surface area contributed by atoms with Gasteiger partial charge in [-0.3, -0.25) is 0 Å². The van der Waals surface area contributed by atoms with Crippen molar-refractivity contribution in [1.29, 1.82) is 0 Å². The average Bonchev–Trinajstić information content (AvgIpc) is 2.38. The van der Waals surface area contributed by atoms with Gasteiger partial charge in [0, 0.05) is 17.2 Å². The second-order valence-corrected chi connectivity index (χ2v) is 6.20. The third-order valence-electron chi connectivity index (χ3n) is 3.05. The van der Waals surface area contributed by atoms with Crippen molar-refractivity contribution in [2.24, 2.45) is 0 Å². The zero-order chi connectivity index (χ0) is 13.2. The van der Waals surface area contributed by atoms with Crippen molar-refractivity contribution in [3.63, 3.8) is 0 Å². The second-order valence-electron chi connectivity index (χ2n) is 5.03. The normalized spacial score (nSPS) is 11.1. The number of thioether (sulfide) groups is 1. The maximum absolute atomic E-state index is 3.50. The maximum atomic E-state index is 3.50. The van der Waals surface area contributed by atoms with Crippen LogP contribution in [0, 0.1) is 0 Å². The molecule has 1 nitrogen and oxygen atoms in total. The molecule has 0 bridgehead atoms. The number of nitrogens with one attached hydrogen (secondary N) is 1. The molecular weight excluding hydrogens is 238 g/mol. The molecule has 102 valence electrons. The molecule has 0 amide bonds. The lowest BCUT2D eigenvalue weighted by molar-refractivity contribution is 0.636. The van der Waals surface area contributed by atoms with Crippen LogP contribution < -0.4 is 5.32 Å². The van der Waals surface area contributed by atoms with E-state index in [0.717, 1.165) is 12.3 Å². The van der Waals surface area contributed by atoms with Crippen LogP contribution in [0.5, 0.6) is 0 Å². The standard InChI is InChI=1S/C16H27NS/c1-4-5-6-11-17-12-13-18-16-9-7-15(8-10-16)14(2)3/h7-10,14,17H,4-6,11-13H2,1-3H3. The van der Waals surface area contributed by atoms with E-state index < -0.39 is 0 Å². The lowest BCUT2D eigenvalue weighted by Crippen LogP contribution is -2.18. The first-order valence-corrected chi connectivity index (χ1v) is 8.16. The second kappa shape index (κ2) is 9.46. The van der Waals surface area contributed by atoms with Crippen molar-refractivity contribution in [1.82, 2.24) is 5.32 Å². The highest BCUT2D eigenvalue weighted by Crippen LogP contribution is 2.21. The summed E-state index contributed by atoms with van der Waals surface area (Å²) in [7, 11) is 0. The van der Waals surface area contributed by atoms with Crippen LogP contribution in [0.15, 0.2) is 29.2 Å². The van der Waals surface area contributed by atoms with Gasteiger partial charge in [0.1, 0.15) is 0 Å². The lowest BCUT2D eigenvalue weighted by Gasteiger charge is -2.07. The molecule has 0 unspecified atom stereocenters. The van der Waals surface area contributed by atoms with Crippen LogP contribution in [0.4, 0.5) is 0 Å². The van der Waals surface area contributed by atoms with Crippen LogP contribution in [0.25, 0.3) is 0 Å². The minimum absolute atomic E-state index is 0.629. The van der Waals surface area contributed by atoms with Gasteiger partial charge in [0.15, 0.2) is 0 Å². The molecule has 0 atom stereocenters. The predicted molar refractivity (Wildman–Crippen MR) is 83.6 cm³/mol. The molecule has 1 aromatic carbocycles. The van der Waals surface area contributed by atoms with Crippen molar-refractivity contribution in [3.05, 3.63) is 29.8 Å². The van der Waals surface area contributed by atoms with E-state index in [9.17, 15) is 0 Å². The molecule has 0 aliphatic heterocycles. The molecule has 1 N–H and O–H groups in total. The minimum atomic E-state index is 0.629. The number of unbranched alkanes of at least 4 members (excludes halogenated alkanes) is 2. The summed E-state index contributed by atoms with van der Waals surface area (Å²) in [4.78, 5) is 1.38. The largest absolute Gasteiger partial charge is 0.316 e. The molecule has 2 heteroatoms. The lowest BCUT2D eigenvalue weighted by atomic mass is 10.0. The molecule has 0 radical (unpaired) electrons. The Hall–Kier alpha value is -0.470. The van der Waals surface area contributed by atoms with E-state index in [0.29, 0.717) is 5.92 Å². The van der Waals surface area contributed by atoms with Gasteiger partial charge in [-0.1, -0.05) is 45.7 Å². The van der Waals surface area contributed by atoms with E-state index in [1.165, 1.54) is 36.3 Å². The summed E-state index contributed by atoms with van der Waals surface area (Å²) >= 11 is 1.94. The van der Waals surface area contributed by atoms with Crippen molar-refractivity contribution >= 4 is 11.8 Å². The van der Waals surface area contributed by atoms with E-state index >= 15 is 0 Å². The monoisotopic (exact) mass is 265 g/mol. The van der Waals surface area contributed by atoms with Gasteiger partial charge in [0.2, 0.25) is 0 Å². The number of benzene rings is 1. The fourth-order valence-electron chi connectivity index (χ4n) is 1.82. The Morgan fingerprint density at radius 2 is 1.78 bits per heavy atom. The van der Waals surface area contributed by atoms with Gasteiger partial charge < -0.3 is 5.32 Å². The van der Waals surface area contributed by atoms with Gasteiger partial charge in [-0.25, -0.2) is 0 Å². The topological polar surface area (TPSA) is 12.0 Å². The van der Waals surface area contributed by atoms with Crippen molar-refractivity contribution in [2.45, 2.75) is 50.8 Å². The van der Waals surface area contributed by atoms with E-state index in [4.69, 9.17) is 0 Å². The van der Waals surface area contributed by atoms with Gasteiger partial charge >= 0.3 is 0 Å². The molecular formula is C16H27NS. The van der Waals surface area contributed by atoms with Gasteiger partial charge in [0.25, 0.3) is 0 Å². The van der Waals surface area contributed by atoms with E-state index in [2.05, 4.69) is 50.4 Å². The first-order chi connectivity index (χ1) is 8.74. The summed E-state index contributed by atoms with van der Waals surface area (Å²) in [5, 5.41) is 3.50. The van der Waals surface area contributed by atoms with Gasteiger partial charge in [-0.05, 0) is 36.6 Å². The SMILES string of the molecule is CCCCCNCCSc1ccc(C(C)C)cc1. The first-order valence-electron chi connectivity index (χ1n) is 7.17. The highest BCUT2D eigenvalue weighted by Gasteiger charge is 1.99. The quantitative estimate of drug-likeness (QED) is 0.514. The molecule has 1 rings (SSSR count). The Morgan fingerprint density at radius 1 is 1.06 bits per heavy atom. The van der Waals surface area contributed by atoms with E-state index in [1.807, 2.05) is 11.8 Å². The van der Waals surface area contributed by atoms with Crippen LogP contribution in [0.3, 0.4) is 0 Å². The Bertz CT molecular complexity index is 305. The molecule has 0 heterocycles. The first kappa shape index (κ1) is 15.6. The molecule has 0 saturated heterocycles. The number of hydrogen-bond donors (Lipinski definition) is 1. The highest BCUT2D eigenvalue weighted by atomic mass is 32.2. The zero-order valence-electron chi connectivity index (χ0n) is 12.0. The molecule has 1 aromatic rings. The van der Waals surface area contributed by atoms with Crippen molar-refractivity contribution in [3.8, 4) is 0 Å². The highest BCUT2D eigenvalue weighted by molar-refractivity contribution is 7.99. The maximum Gasteiger partial charge on any atom is 0.0106 e. The van der Waals surface area contributed by atoms with Crippen LogP contribution in [0.2, 0.25) is 0 Å². The van der Waals surface area contributed by atoms with Crippen molar-refractivity contribution < 1.29 is 0 Å². The molecule has 0 aliphatic carbocycles.